The molecule has 0 bridgehead atoms. The van der Waals surface area contributed by atoms with Crippen LogP contribution in [-0.2, 0) is 7.05 Å². The first-order chi connectivity index (χ1) is 5.88. The Hall–Kier alpha value is -0.900. The SMILES string of the molecule is Cn1nncc1C1CCNCC1. The Kier molecular flexibility index (Phi) is 2.08. The van der Waals surface area contributed by atoms with Gasteiger partial charge in [0, 0.05) is 13.0 Å². The molecule has 66 valence electrons. The molecule has 0 radical (unpaired) electrons. The van der Waals surface area contributed by atoms with Gasteiger partial charge in [-0.05, 0) is 25.9 Å². The van der Waals surface area contributed by atoms with E-state index < -0.39 is 0 Å². The largest absolute Gasteiger partial charge is 0.317 e. The molecule has 0 unspecified atom stereocenters. The minimum absolute atomic E-state index is 0.659. The van der Waals surface area contributed by atoms with Crippen LogP contribution in [0.2, 0.25) is 0 Å². The van der Waals surface area contributed by atoms with Crippen molar-refractivity contribution in [3.63, 3.8) is 0 Å². The van der Waals surface area contributed by atoms with Crippen molar-refractivity contribution in [3.8, 4) is 0 Å². The van der Waals surface area contributed by atoms with E-state index in [4.69, 9.17) is 0 Å². The van der Waals surface area contributed by atoms with Crippen molar-refractivity contribution in [1.29, 1.82) is 0 Å². The van der Waals surface area contributed by atoms with E-state index in [1.807, 2.05) is 17.9 Å². The van der Waals surface area contributed by atoms with Crippen LogP contribution in [0.3, 0.4) is 0 Å². The molecule has 0 spiro atoms. The maximum Gasteiger partial charge on any atom is 0.0727 e. The summed E-state index contributed by atoms with van der Waals surface area (Å²) < 4.78 is 1.88. The first-order valence-corrected chi connectivity index (χ1v) is 4.43. The second-order valence-electron chi connectivity index (χ2n) is 3.31. The van der Waals surface area contributed by atoms with E-state index in [1.165, 1.54) is 18.5 Å². The van der Waals surface area contributed by atoms with Gasteiger partial charge in [0.15, 0.2) is 0 Å². The Labute approximate surface area is 72.0 Å². The zero-order valence-electron chi connectivity index (χ0n) is 7.32. The van der Waals surface area contributed by atoms with E-state index in [2.05, 4.69) is 15.6 Å². The van der Waals surface area contributed by atoms with Crippen LogP contribution >= 0.6 is 0 Å². The molecule has 1 N–H and O–H groups in total. The van der Waals surface area contributed by atoms with Crippen LogP contribution in [-0.4, -0.2) is 28.1 Å². The Morgan fingerprint density at radius 2 is 2.25 bits per heavy atom. The fourth-order valence-corrected chi connectivity index (χ4v) is 1.78. The molecule has 12 heavy (non-hydrogen) atoms. The lowest BCUT2D eigenvalue weighted by Gasteiger charge is -2.21. The van der Waals surface area contributed by atoms with Crippen LogP contribution in [0.15, 0.2) is 6.20 Å². The zero-order chi connectivity index (χ0) is 8.39. The lowest BCUT2D eigenvalue weighted by Crippen LogP contribution is -2.27. The summed E-state index contributed by atoms with van der Waals surface area (Å²) in [6.45, 7) is 2.24. The van der Waals surface area contributed by atoms with Gasteiger partial charge in [0.1, 0.15) is 0 Å². The molecular weight excluding hydrogens is 152 g/mol. The number of aryl methyl sites for hydroxylation is 1. The second kappa shape index (κ2) is 3.23. The smallest absolute Gasteiger partial charge is 0.0727 e. The van der Waals surface area contributed by atoms with Crippen molar-refractivity contribution < 1.29 is 0 Å². The van der Waals surface area contributed by atoms with Gasteiger partial charge in [0.05, 0.1) is 11.9 Å². The molecule has 4 heteroatoms. The second-order valence-corrected chi connectivity index (χ2v) is 3.31. The predicted molar refractivity (Wildman–Crippen MR) is 45.8 cm³/mol. The highest BCUT2D eigenvalue weighted by atomic mass is 15.4. The summed E-state index contributed by atoms with van der Waals surface area (Å²) in [5.41, 5.74) is 1.27. The average Bonchev–Trinajstić information content (AvgIpc) is 2.53. The van der Waals surface area contributed by atoms with Crippen LogP contribution in [0.25, 0.3) is 0 Å². The van der Waals surface area contributed by atoms with Crippen LogP contribution < -0.4 is 5.32 Å². The van der Waals surface area contributed by atoms with Crippen LogP contribution in [0.4, 0.5) is 0 Å². The molecule has 0 amide bonds. The van der Waals surface area contributed by atoms with E-state index in [0.29, 0.717) is 5.92 Å². The van der Waals surface area contributed by atoms with Crippen LogP contribution in [0, 0.1) is 0 Å². The highest BCUT2D eigenvalue weighted by Gasteiger charge is 2.17. The number of nitrogens with one attached hydrogen (secondary N) is 1. The summed E-state index contributed by atoms with van der Waals surface area (Å²) in [6, 6.07) is 0. The van der Waals surface area contributed by atoms with Gasteiger partial charge in [-0.15, -0.1) is 5.10 Å². The number of rotatable bonds is 1. The summed E-state index contributed by atoms with van der Waals surface area (Å²) in [5.74, 6) is 0.659. The van der Waals surface area contributed by atoms with Crippen LogP contribution in [0.1, 0.15) is 24.5 Å². The van der Waals surface area contributed by atoms with Gasteiger partial charge in [0.25, 0.3) is 0 Å². The highest BCUT2D eigenvalue weighted by molar-refractivity contribution is 5.04. The summed E-state index contributed by atoms with van der Waals surface area (Å²) in [6.07, 6.45) is 4.30. The van der Waals surface area contributed by atoms with Crippen molar-refractivity contribution in [2.75, 3.05) is 13.1 Å². The van der Waals surface area contributed by atoms with Crippen molar-refractivity contribution in [3.05, 3.63) is 11.9 Å². The summed E-state index contributed by atoms with van der Waals surface area (Å²) in [7, 11) is 1.96. The molecule has 1 fully saturated rings. The summed E-state index contributed by atoms with van der Waals surface area (Å²) >= 11 is 0. The fourth-order valence-electron chi connectivity index (χ4n) is 1.78. The standard InChI is InChI=1S/C8H14N4/c1-12-8(6-10-11-12)7-2-4-9-5-3-7/h6-7,9H,2-5H2,1H3. The molecule has 0 aromatic carbocycles. The Morgan fingerprint density at radius 3 is 2.83 bits per heavy atom. The van der Waals surface area contributed by atoms with Gasteiger partial charge in [0.2, 0.25) is 0 Å². The Bertz CT molecular complexity index is 249. The third-order valence-corrected chi connectivity index (χ3v) is 2.51. The highest BCUT2D eigenvalue weighted by Crippen LogP contribution is 2.23. The number of nitrogens with zero attached hydrogens (tertiary/aromatic N) is 3. The van der Waals surface area contributed by atoms with Gasteiger partial charge in [-0.2, -0.15) is 0 Å². The molecule has 0 saturated carbocycles. The molecule has 2 rings (SSSR count). The third-order valence-electron chi connectivity index (χ3n) is 2.51. The van der Waals surface area contributed by atoms with Gasteiger partial charge in [-0.1, -0.05) is 5.21 Å². The van der Waals surface area contributed by atoms with Crippen molar-refractivity contribution in [1.82, 2.24) is 20.3 Å². The van der Waals surface area contributed by atoms with Gasteiger partial charge in [-0.25, -0.2) is 0 Å². The molecule has 1 aromatic rings. The molecule has 1 aliphatic rings. The van der Waals surface area contributed by atoms with Crippen molar-refractivity contribution in [2.24, 2.45) is 7.05 Å². The number of hydrogen-bond donors (Lipinski definition) is 1. The normalized spacial score (nSPS) is 19.8. The van der Waals surface area contributed by atoms with Gasteiger partial charge < -0.3 is 5.32 Å². The van der Waals surface area contributed by atoms with E-state index in [-0.39, 0.29) is 0 Å². The lowest BCUT2D eigenvalue weighted by atomic mass is 9.95. The van der Waals surface area contributed by atoms with Gasteiger partial charge >= 0.3 is 0 Å². The number of hydrogen-bond acceptors (Lipinski definition) is 3. The van der Waals surface area contributed by atoms with E-state index in [0.717, 1.165) is 13.1 Å². The Balaban J connectivity index is 2.13. The molecule has 2 heterocycles. The van der Waals surface area contributed by atoms with E-state index in [9.17, 15) is 0 Å². The topological polar surface area (TPSA) is 42.7 Å². The molecule has 4 nitrogen and oxygen atoms in total. The maximum absolute atomic E-state index is 3.94. The molecule has 1 aliphatic heterocycles. The minimum atomic E-state index is 0.659. The fraction of sp³-hybridized carbons (Fsp3) is 0.750. The predicted octanol–water partition coefficient (Wildman–Crippen LogP) is 0.282. The molecule has 1 saturated heterocycles. The average molecular weight is 166 g/mol. The number of aromatic nitrogens is 3. The third kappa shape index (κ3) is 1.34. The number of piperidine rings is 1. The monoisotopic (exact) mass is 166 g/mol. The first kappa shape index (κ1) is 7.73. The van der Waals surface area contributed by atoms with Crippen molar-refractivity contribution >= 4 is 0 Å². The molecule has 1 aromatic heterocycles. The molecule has 0 aliphatic carbocycles. The molecular formula is C8H14N4. The van der Waals surface area contributed by atoms with Crippen LogP contribution in [0.5, 0.6) is 0 Å². The molecule has 0 atom stereocenters. The lowest BCUT2D eigenvalue weighted by molar-refractivity contribution is 0.439. The van der Waals surface area contributed by atoms with Gasteiger partial charge in [-0.3, -0.25) is 4.68 Å². The zero-order valence-corrected chi connectivity index (χ0v) is 7.32. The quantitative estimate of drug-likeness (QED) is 0.651. The van der Waals surface area contributed by atoms with E-state index in [1.54, 1.807) is 0 Å². The first-order valence-electron chi connectivity index (χ1n) is 4.43. The minimum Gasteiger partial charge on any atom is -0.317 e. The van der Waals surface area contributed by atoms with Crippen molar-refractivity contribution in [2.45, 2.75) is 18.8 Å². The Morgan fingerprint density at radius 1 is 1.50 bits per heavy atom. The maximum atomic E-state index is 3.94. The summed E-state index contributed by atoms with van der Waals surface area (Å²) in [5, 5.41) is 11.2. The summed E-state index contributed by atoms with van der Waals surface area (Å²) in [4.78, 5) is 0. The van der Waals surface area contributed by atoms with E-state index >= 15 is 0 Å².